The Morgan fingerprint density at radius 2 is 2.00 bits per heavy atom. The molecule has 36 heavy (non-hydrogen) atoms. The van der Waals surface area contributed by atoms with Crippen molar-refractivity contribution in [3.05, 3.63) is 48.2 Å². The van der Waals surface area contributed by atoms with Crippen molar-refractivity contribution in [3.8, 4) is 23.1 Å². The molecule has 1 aliphatic carbocycles. The van der Waals surface area contributed by atoms with E-state index in [2.05, 4.69) is 20.3 Å². The molecular formula is C27H29FN4O4. The highest BCUT2D eigenvalue weighted by atomic mass is 19.1. The van der Waals surface area contributed by atoms with Gasteiger partial charge in [0, 0.05) is 40.7 Å². The molecule has 188 valence electrons. The molecule has 0 amide bonds. The van der Waals surface area contributed by atoms with Gasteiger partial charge in [0.05, 0.1) is 37.8 Å². The van der Waals surface area contributed by atoms with Crippen molar-refractivity contribution in [1.82, 2.24) is 20.3 Å². The smallest absolute Gasteiger partial charge is 0.230 e. The van der Waals surface area contributed by atoms with Crippen LogP contribution in [0.15, 0.2) is 36.7 Å². The molecule has 2 aromatic carbocycles. The number of halogens is 1. The predicted octanol–water partition coefficient (Wildman–Crippen LogP) is 4.90. The fourth-order valence-corrected chi connectivity index (χ4v) is 5.27. The summed E-state index contributed by atoms with van der Waals surface area (Å²) >= 11 is 0. The van der Waals surface area contributed by atoms with E-state index < -0.39 is 5.82 Å². The number of aromatic amines is 1. The lowest BCUT2D eigenvalue weighted by molar-refractivity contribution is -0.0425. The molecule has 2 aromatic heterocycles. The second kappa shape index (κ2) is 9.22. The van der Waals surface area contributed by atoms with Crippen LogP contribution in [-0.2, 0) is 4.74 Å². The minimum absolute atomic E-state index is 0.0487. The molecule has 6 rings (SSSR count). The number of morpholine rings is 1. The largest absolute Gasteiger partial charge is 0.493 e. The fraction of sp³-hybridized carbons (Fsp3) is 0.407. The lowest BCUT2D eigenvalue weighted by atomic mass is 9.64. The van der Waals surface area contributed by atoms with Crippen LogP contribution in [0.3, 0.4) is 0 Å². The zero-order chi connectivity index (χ0) is 24.7. The van der Waals surface area contributed by atoms with E-state index in [1.807, 2.05) is 13.0 Å². The van der Waals surface area contributed by atoms with E-state index in [1.54, 1.807) is 31.4 Å². The van der Waals surface area contributed by atoms with Gasteiger partial charge in [0.15, 0.2) is 23.1 Å². The molecule has 0 spiro atoms. The summed E-state index contributed by atoms with van der Waals surface area (Å²) in [5, 5.41) is 4.67. The third-order valence-corrected chi connectivity index (χ3v) is 7.45. The van der Waals surface area contributed by atoms with Crippen molar-refractivity contribution >= 4 is 21.8 Å². The maximum Gasteiger partial charge on any atom is 0.230 e. The van der Waals surface area contributed by atoms with Crippen LogP contribution in [0.2, 0.25) is 0 Å². The van der Waals surface area contributed by atoms with Crippen LogP contribution in [0.5, 0.6) is 23.1 Å². The average molecular weight is 493 g/mol. The highest BCUT2D eigenvalue weighted by Crippen LogP contribution is 2.46. The van der Waals surface area contributed by atoms with Crippen LogP contribution in [0.25, 0.3) is 21.8 Å². The summed E-state index contributed by atoms with van der Waals surface area (Å²) in [6, 6.07) is 9.04. The lowest BCUT2D eigenvalue weighted by Gasteiger charge is -2.48. The molecule has 0 radical (unpaired) electrons. The van der Waals surface area contributed by atoms with E-state index in [-0.39, 0.29) is 23.1 Å². The van der Waals surface area contributed by atoms with Gasteiger partial charge in [-0.1, -0.05) is 6.42 Å². The molecule has 2 fully saturated rings. The molecule has 3 heterocycles. The maximum atomic E-state index is 15.1. The van der Waals surface area contributed by atoms with Crippen LogP contribution >= 0.6 is 0 Å². The number of nitrogens with zero attached hydrogens (tertiary/aromatic N) is 2. The number of hydrogen-bond acceptors (Lipinski definition) is 7. The summed E-state index contributed by atoms with van der Waals surface area (Å²) < 4.78 is 38.8. The van der Waals surface area contributed by atoms with Crippen LogP contribution in [0, 0.1) is 18.2 Å². The molecule has 4 aromatic rings. The maximum absolute atomic E-state index is 15.1. The Hall–Kier alpha value is -3.43. The second-order valence-corrected chi connectivity index (χ2v) is 9.68. The molecule has 2 N–H and O–H groups in total. The Morgan fingerprint density at radius 1 is 1.11 bits per heavy atom. The van der Waals surface area contributed by atoms with E-state index in [1.165, 1.54) is 12.7 Å². The number of methoxy groups -OCH3 is 1. The van der Waals surface area contributed by atoms with Gasteiger partial charge < -0.3 is 29.2 Å². The first kappa shape index (κ1) is 23.0. The number of H-pyrrole nitrogens is 1. The number of rotatable bonds is 7. The monoisotopic (exact) mass is 492 g/mol. The number of aromatic nitrogens is 3. The quantitative estimate of drug-likeness (QED) is 0.379. The second-order valence-electron chi connectivity index (χ2n) is 9.68. The number of fused-ring (bicyclic) bond motifs is 2. The van der Waals surface area contributed by atoms with E-state index in [0.717, 1.165) is 31.7 Å². The fourth-order valence-electron chi connectivity index (χ4n) is 5.27. The Labute approximate surface area is 208 Å². The molecule has 1 saturated heterocycles. The highest BCUT2D eigenvalue weighted by Gasteiger charge is 2.45. The first-order valence-electron chi connectivity index (χ1n) is 12.3. The third kappa shape index (κ3) is 4.02. The molecule has 2 aliphatic rings. The predicted molar refractivity (Wildman–Crippen MR) is 134 cm³/mol. The first-order chi connectivity index (χ1) is 17.6. The van der Waals surface area contributed by atoms with Gasteiger partial charge >= 0.3 is 0 Å². The number of benzene rings is 2. The molecule has 0 bridgehead atoms. The SMILES string of the molecule is COc1cc2c(Oc3ccc4[nH]c(C)cc4c3F)ncnc2cc1OCC1(C2COCCN2)CCC1. The van der Waals surface area contributed by atoms with Crippen molar-refractivity contribution in [2.75, 3.05) is 33.5 Å². The molecule has 1 aliphatic heterocycles. The van der Waals surface area contributed by atoms with Gasteiger partial charge in [-0.15, -0.1) is 0 Å². The number of nitrogens with one attached hydrogen (secondary N) is 2. The molecule has 9 heteroatoms. The third-order valence-electron chi connectivity index (χ3n) is 7.45. The van der Waals surface area contributed by atoms with E-state index >= 15 is 4.39 Å². The Balaban J connectivity index is 1.29. The molecule has 1 atom stereocenters. The van der Waals surface area contributed by atoms with E-state index in [0.29, 0.717) is 46.5 Å². The molecule has 1 unspecified atom stereocenters. The summed E-state index contributed by atoms with van der Waals surface area (Å²) in [5.41, 5.74) is 2.26. The van der Waals surface area contributed by atoms with E-state index in [4.69, 9.17) is 18.9 Å². The lowest BCUT2D eigenvalue weighted by Crippen LogP contribution is -2.57. The van der Waals surface area contributed by atoms with Crippen molar-refractivity contribution in [2.45, 2.75) is 32.2 Å². The Bertz CT molecular complexity index is 1410. The average Bonchev–Trinajstić information content (AvgIpc) is 3.26. The van der Waals surface area contributed by atoms with Gasteiger partial charge in [-0.3, -0.25) is 0 Å². The summed E-state index contributed by atoms with van der Waals surface area (Å²) in [6.45, 7) is 4.76. The van der Waals surface area contributed by atoms with Crippen molar-refractivity contribution in [1.29, 1.82) is 0 Å². The Morgan fingerprint density at radius 3 is 2.75 bits per heavy atom. The van der Waals surface area contributed by atoms with Crippen LogP contribution in [0.4, 0.5) is 4.39 Å². The van der Waals surface area contributed by atoms with Crippen LogP contribution < -0.4 is 19.5 Å². The topological polar surface area (TPSA) is 90.5 Å². The standard InChI is InChI=1S/C27H29FN4O4/c1-16-10-17-19(32-16)4-5-21(25(17)28)36-26-18-11-22(33-2)23(12-20(18)30-15-31-26)35-14-27(6-3-7-27)24-13-34-9-8-29-24/h4-5,10-12,15,24,29,32H,3,6-9,13-14H2,1-2H3. The first-order valence-corrected chi connectivity index (χ1v) is 12.3. The summed E-state index contributed by atoms with van der Waals surface area (Å²) in [7, 11) is 1.59. The van der Waals surface area contributed by atoms with Gasteiger partial charge in [0.25, 0.3) is 0 Å². The molecule has 8 nitrogen and oxygen atoms in total. The highest BCUT2D eigenvalue weighted by molar-refractivity contribution is 5.87. The molecule has 1 saturated carbocycles. The van der Waals surface area contributed by atoms with Gasteiger partial charge in [0.2, 0.25) is 5.88 Å². The number of ether oxygens (including phenoxy) is 4. The number of hydrogen-bond donors (Lipinski definition) is 2. The van der Waals surface area contributed by atoms with E-state index in [9.17, 15) is 0 Å². The van der Waals surface area contributed by atoms with Gasteiger partial charge in [-0.25, -0.2) is 14.4 Å². The zero-order valence-corrected chi connectivity index (χ0v) is 20.4. The van der Waals surface area contributed by atoms with Gasteiger partial charge in [0.1, 0.15) is 6.33 Å². The van der Waals surface area contributed by atoms with Crippen LogP contribution in [0.1, 0.15) is 25.0 Å². The summed E-state index contributed by atoms with van der Waals surface area (Å²) in [4.78, 5) is 11.8. The molecular weight excluding hydrogens is 463 g/mol. The van der Waals surface area contributed by atoms with Gasteiger partial charge in [-0.2, -0.15) is 0 Å². The minimum Gasteiger partial charge on any atom is -0.493 e. The van der Waals surface area contributed by atoms with Crippen LogP contribution in [-0.4, -0.2) is 54.5 Å². The Kier molecular flexibility index (Phi) is 5.89. The number of aryl methyl sites for hydroxylation is 1. The van der Waals surface area contributed by atoms with Crippen molar-refractivity contribution < 1.29 is 23.3 Å². The van der Waals surface area contributed by atoms with Gasteiger partial charge in [-0.05, 0) is 44.0 Å². The van der Waals surface area contributed by atoms with Crippen molar-refractivity contribution in [2.24, 2.45) is 5.41 Å². The zero-order valence-electron chi connectivity index (χ0n) is 20.4. The van der Waals surface area contributed by atoms with Crippen molar-refractivity contribution in [3.63, 3.8) is 0 Å². The summed E-state index contributed by atoms with van der Waals surface area (Å²) in [5.74, 6) is 1.04. The normalized spacial score (nSPS) is 19.2. The minimum atomic E-state index is -0.443. The summed E-state index contributed by atoms with van der Waals surface area (Å²) in [6.07, 6.45) is 4.79.